The number of carbonyl (C=O) groups is 1. The fraction of sp³-hybridized carbons (Fsp3) is 0.238. The topological polar surface area (TPSA) is 44.4 Å². The number of rotatable bonds is 3. The number of anilines is 1. The van der Waals surface area contributed by atoms with E-state index >= 15 is 0 Å². The highest BCUT2D eigenvalue weighted by molar-refractivity contribution is 7.80. The Kier molecular flexibility index (Phi) is 5.28. The first-order valence-electron chi connectivity index (χ1n) is 8.67. The van der Waals surface area contributed by atoms with Crippen LogP contribution in [0.5, 0.6) is 0 Å². The van der Waals surface area contributed by atoms with Gasteiger partial charge in [0.1, 0.15) is 5.82 Å². The summed E-state index contributed by atoms with van der Waals surface area (Å²) < 4.78 is 13.8. The first-order valence-corrected chi connectivity index (χ1v) is 9.08. The third-order valence-corrected chi connectivity index (χ3v) is 5.20. The van der Waals surface area contributed by atoms with Crippen molar-refractivity contribution in [3.8, 4) is 0 Å². The molecule has 0 aromatic heterocycles. The quantitative estimate of drug-likeness (QED) is 0.779. The molecule has 0 radical (unpaired) electrons. The van der Waals surface area contributed by atoms with E-state index in [9.17, 15) is 9.18 Å². The highest BCUT2D eigenvalue weighted by Gasteiger charge is 2.32. The average molecular weight is 383 g/mol. The molecule has 2 N–H and O–H groups in total. The molecule has 1 amide bonds. The number of hydrogen-bond acceptors (Lipinski definition) is 2. The van der Waals surface area contributed by atoms with Crippen molar-refractivity contribution >= 4 is 28.9 Å². The summed E-state index contributed by atoms with van der Waals surface area (Å²) in [5.74, 6) is -0.596. The first kappa shape index (κ1) is 19.0. The molecule has 1 aliphatic rings. The molecule has 2 aromatic rings. The summed E-state index contributed by atoms with van der Waals surface area (Å²) in [6.45, 7) is 5.80. The van der Waals surface area contributed by atoms with Gasteiger partial charge in [0.05, 0.1) is 11.6 Å². The SMILES string of the molecule is CC1=C(C(=O)Nc2ccc(C)cc2C)C(c2cccc(F)c2)NC(=S)N1C. The Bertz CT molecular complexity index is 954. The van der Waals surface area contributed by atoms with E-state index in [-0.39, 0.29) is 11.7 Å². The normalized spacial score (nSPS) is 17.0. The van der Waals surface area contributed by atoms with Crippen molar-refractivity contribution in [2.75, 3.05) is 12.4 Å². The Balaban J connectivity index is 2.01. The molecule has 0 bridgehead atoms. The first-order chi connectivity index (χ1) is 12.8. The molecule has 1 atom stereocenters. The van der Waals surface area contributed by atoms with E-state index in [0.717, 1.165) is 22.5 Å². The summed E-state index contributed by atoms with van der Waals surface area (Å²) in [5, 5.41) is 6.63. The molecule has 0 fully saturated rings. The molecule has 1 unspecified atom stereocenters. The molecule has 0 spiro atoms. The second kappa shape index (κ2) is 7.48. The standard InChI is InChI=1S/C21H22FN3OS/c1-12-8-9-17(13(2)10-12)23-20(26)18-14(3)25(4)21(27)24-19(18)15-6-5-7-16(22)11-15/h5-11,19H,1-4H3,(H,23,26)(H,24,27). The number of thiocarbonyl (C=S) groups is 1. The largest absolute Gasteiger partial charge is 0.351 e. The number of amides is 1. The van der Waals surface area contributed by atoms with Gasteiger partial charge in [-0.3, -0.25) is 4.79 Å². The molecule has 1 aliphatic heterocycles. The van der Waals surface area contributed by atoms with E-state index in [0.29, 0.717) is 16.2 Å². The van der Waals surface area contributed by atoms with Gasteiger partial charge in [0, 0.05) is 18.4 Å². The third kappa shape index (κ3) is 3.85. The van der Waals surface area contributed by atoms with E-state index < -0.39 is 6.04 Å². The number of nitrogens with one attached hydrogen (secondary N) is 2. The zero-order valence-corrected chi connectivity index (χ0v) is 16.6. The lowest BCUT2D eigenvalue weighted by Gasteiger charge is -2.35. The van der Waals surface area contributed by atoms with Crippen LogP contribution in [0.2, 0.25) is 0 Å². The van der Waals surface area contributed by atoms with Crippen molar-refractivity contribution in [1.82, 2.24) is 10.2 Å². The molecule has 0 saturated carbocycles. The van der Waals surface area contributed by atoms with Gasteiger partial charge in [0.25, 0.3) is 5.91 Å². The van der Waals surface area contributed by atoms with Gasteiger partial charge in [-0.25, -0.2) is 4.39 Å². The van der Waals surface area contributed by atoms with Crippen LogP contribution < -0.4 is 10.6 Å². The molecule has 1 heterocycles. The molecule has 4 nitrogen and oxygen atoms in total. The van der Waals surface area contributed by atoms with Gasteiger partial charge in [-0.05, 0) is 62.3 Å². The predicted octanol–water partition coefficient (Wildman–Crippen LogP) is 4.22. The molecule has 140 valence electrons. The van der Waals surface area contributed by atoms with Crippen molar-refractivity contribution in [3.63, 3.8) is 0 Å². The minimum atomic E-state index is -0.518. The summed E-state index contributed by atoms with van der Waals surface area (Å²) in [6, 6.07) is 11.5. The summed E-state index contributed by atoms with van der Waals surface area (Å²) >= 11 is 5.37. The summed E-state index contributed by atoms with van der Waals surface area (Å²) in [7, 11) is 1.80. The number of hydrogen-bond donors (Lipinski definition) is 2. The number of aryl methyl sites for hydroxylation is 2. The monoisotopic (exact) mass is 383 g/mol. The van der Waals surface area contributed by atoms with Crippen molar-refractivity contribution in [2.45, 2.75) is 26.8 Å². The van der Waals surface area contributed by atoms with Crippen LogP contribution in [0.1, 0.15) is 29.7 Å². The number of benzene rings is 2. The van der Waals surface area contributed by atoms with E-state index in [2.05, 4.69) is 10.6 Å². The Morgan fingerprint density at radius 2 is 1.93 bits per heavy atom. The van der Waals surface area contributed by atoms with Crippen LogP contribution in [0.25, 0.3) is 0 Å². The van der Waals surface area contributed by atoms with Gasteiger partial charge >= 0.3 is 0 Å². The van der Waals surface area contributed by atoms with Gasteiger partial charge < -0.3 is 15.5 Å². The lowest BCUT2D eigenvalue weighted by atomic mass is 9.94. The number of halogens is 1. The molecule has 27 heavy (non-hydrogen) atoms. The van der Waals surface area contributed by atoms with Crippen LogP contribution in [0.3, 0.4) is 0 Å². The van der Waals surface area contributed by atoms with Gasteiger partial charge in [-0.1, -0.05) is 29.8 Å². The Morgan fingerprint density at radius 3 is 2.59 bits per heavy atom. The Labute approximate surface area is 164 Å². The van der Waals surface area contributed by atoms with Gasteiger partial charge in [0.2, 0.25) is 0 Å². The van der Waals surface area contributed by atoms with Crippen LogP contribution in [-0.4, -0.2) is 23.0 Å². The minimum Gasteiger partial charge on any atom is -0.351 e. The second-order valence-corrected chi connectivity index (χ2v) is 7.15. The van der Waals surface area contributed by atoms with Crippen LogP contribution in [0.15, 0.2) is 53.7 Å². The second-order valence-electron chi connectivity index (χ2n) is 6.77. The maximum Gasteiger partial charge on any atom is 0.255 e. The van der Waals surface area contributed by atoms with Gasteiger partial charge in [0.15, 0.2) is 5.11 Å². The molecule has 6 heteroatoms. The van der Waals surface area contributed by atoms with Crippen molar-refractivity contribution in [2.24, 2.45) is 0 Å². The van der Waals surface area contributed by atoms with Crippen LogP contribution in [-0.2, 0) is 4.79 Å². The highest BCUT2D eigenvalue weighted by atomic mass is 32.1. The molecule has 3 rings (SSSR count). The number of nitrogens with zero attached hydrogens (tertiary/aromatic N) is 1. The van der Waals surface area contributed by atoms with Crippen LogP contribution in [0.4, 0.5) is 10.1 Å². The lowest BCUT2D eigenvalue weighted by Crippen LogP contribution is -2.46. The smallest absolute Gasteiger partial charge is 0.255 e. The highest BCUT2D eigenvalue weighted by Crippen LogP contribution is 2.31. The predicted molar refractivity (Wildman–Crippen MR) is 110 cm³/mol. The minimum absolute atomic E-state index is 0.240. The van der Waals surface area contributed by atoms with Crippen molar-refractivity contribution < 1.29 is 9.18 Å². The molecule has 0 aliphatic carbocycles. The van der Waals surface area contributed by atoms with Gasteiger partial charge in [-0.15, -0.1) is 0 Å². The Morgan fingerprint density at radius 1 is 1.19 bits per heavy atom. The van der Waals surface area contributed by atoms with Gasteiger partial charge in [-0.2, -0.15) is 0 Å². The Hall–Kier alpha value is -2.73. The fourth-order valence-electron chi connectivity index (χ4n) is 3.21. The zero-order chi connectivity index (χ0) is 19.7. The van der Waals surface area contributed by atoms with E-state index in [1.807, 2.05) is 39.0 Å². The lowest BCUT2D eigenvalue weighted by molar-refractivity contribution is -0.113. The van der Waals surface area contributed by atoms with Crippen molar-refractivity contribution in [3.05, 3.63) is 76.2 Å². The van der Waals surface area contributed by atoms with Crippen LogP contribution >= 0.6 is 12.2 Å². The average Bonchev–Trinajstić information content (AvgIpc) is 2.61. The van der Waals surface area contributed by atoms with Crippen molar-refractivity contribution in [1.29, 1.82) is 0 Å². The van der Waals surface area contributed by atoms with E-state index in [1.54, 1.807) is 24.1 Å². The zero-order valence-electron chi connectivity index (χ0n) is 15.8. The third-order valence-electron chi connectivity index (χ3n) is 4.81. The van der Waals surface area contributed by atoms with E-state index in [1.165, 1.54) is 12.1 Å². The maximum atomic E-state index is 13.8. The summed E-state index contributed by atoms with van der Waals surface area (Å²) in [5.41, 5.74) is 4.75. The molecular formula is C21H22FN3OS. The summed E-state index contributed by atoms with van der Waals surface area (Å²) in [4.78, 5) is 14.9. The van der Waals surface area contributed by atoms with Crippen LogP contribution in [0, 0.1) is 19.7 Å². The molecule has 2 aromatic carbocycles. The fourth-order valence-corrected chi connectivity index (χ4v) is 3.46. The number of allylic oxidation sites excluding steroid dienone is 1. The summed E-state index contributed by atoms with van der Waals surface area (Å²) in [6.07, 6.45) is 0. The number of carbonyl (C=O) groups excluding carboxylic acids is 1. The maximum absolute atomic E-state index is 13.8. The van der Waals surface area contributed by atoms with E-state index in [4.69, 9.17) is 12.2 Å². The molecule has 0 saturated heterocycles. The molecular weight excluding hydrogens is 361 g/mol.